The maximum atomic E-state index is 12.4. The van der Waals surface area contributed by atoms with Gasteiger partial charge in [0.25, 0.3) is 0 Å². The fourth-order valence-corrected chi connectivity index (χ4v) is 4.08. The quantitative estimate of drug-likeness (QED) is 0.0826. The lowest BCUT2D eigenvalue weighted by atomic mass is 10.0. The number of halogens is 4. The normalized spacial score (nSPS) is 12.3. The number of thiocarbonyl (C=S) groups is 1. The summed E-state index contributed by atoms with van der Waals surface area (Å²) < 4.78 is -1.77. The zero-order chi connectivity index (χ0) is 24.5. The maximum Gasteiger partial charge on any atom is 0.228 e. The van der Waals surface area contributed by atoms with Gasteiger partial charge in [-0.05, 0) is 42.9 Å². The predicted molar refractivity (Wildman–Crippen MR) is 149 cm³/mol. The molecule has 0 aliphatic rings. The molecule has 0 radical (unpaired) electrons. The van der Waals surface area contributed by atoms with Crippen molar-refractivity contribution in [1.29, 1.82) is 0 Å². The van der Waals surface area contributed by atoms with Crippen LogP contribution in [-0.4, -0.2) is 21.0 Å². The molecule has 1 rings (SSSR count). The van der Waals surface area contributed by atoms with Gasteiger partial charge in [-0.25, -0.2) is 0 Å². The minimum atomic E-state index is -1.77. The van der Waals surface area contributed by atoms with E-state index >= 15 is 0 Å². The summed E-state index contributed by atoms with van der Waals surface area (Å²) in [4.78, 5) is 12.4. The van der Waals surface area contributed by atoms with Crippen molar-refractivity contribution in [3.8, 4) is 0 Å². The van der Waals surface area contributed by atoms with E-state index in [1.807, 2.05) is 0 Å². The Bertz CT molecular complexity index is 683. The third kappa shape index (κ3) is 15.9. The van der Waals surface area contributed by atoms with E-state index in [0.29, 0.717) is 11.4 Å². The third-order valence-electron chi connectivity index (χ3n) is 5.27. The van der Waals surface area contributed by atoms with Crippen molar-refractivity contribution in [3.05, 3.63) is 29.3 Å². The van der Waals surface area contributed by atoms with Gasteiger partial charge in [0.05, 0.1) is 0 Å². The number of amides is 1. The first kappa shape index (κ1) is 30.6. The maximum absolute atomic E-state index is 12.4. The summed E-state index contributed by atoms with van der Waals surface area (Å²) in [6.07, 6.45) is 14.3. The molecule has 0 bridgehead atoms. The molecule has 1 amide bonds. The molecule has 1 aromatic carbocycles. The zero-order valence-corrected chi connectivity index (χ0v) is 23.2. The van der Waals surface area contributed by atoms with Crippen molar-refractivity contribution in [2.45, 2.75) is 100 Å². The van der Waals surface area contributed by atoms with E-state index in [-0.39, 0.29) is 11.0 Å². The highest BCUT2D eigenvalue weighted by molar-refractivity contribution is 7.80. The lowest BCUT2D eigenvalue weighted by Crippen LogP contribution is -2.56. The molecule has 0 saturated heterocycles. The monoisotopic (exact) mass is 555 g/mol. The van der Waals surface area contributed by atoms with Gasteiger partial charge in [-0.15, -0.1) is 0 Å². The molecule has 0 heterocycles. The number of hydrogen-bond acceptors (Lipinski definition) is 2. The standard InChI is InChI=1S/C24H37Cl4N3OS/c1-2-3-4-5-6-7-8-9-10-11-12-13-14-21(32)30-22(24(26,27)28)31-23(33)29-20-17-15-19(25)16-18-20/h15-18,22H,2-14H2,1H3,(H,30,32)(H2,29,31,33)/t22-/m1/s1. The molecule has 0 aromatic heterocycles. The van der Waals surface area contributed by atoms with Crippen LogP contribution in [0.3, 0.4) is 0 Å². The van der Waals surface area contributed by atoms with Crippen molar-refractivity contribution >= 4 is 75.3 Å². The molecule has 9 heteroatoms. The second-order valence-electron chi connectivity index (χ2n) is 8.29. The summed E-state index contributed by atoms with van der Waals surface area (Å²) >= 11 is 29.3. The molecule has 0 unspecified atom stereocenters. The molecule has 0 fully saturated rings. The molecule has 33 heavy (non-hydrogen) atoms. The first-order valence-electron chi connectivity index (χ1n) is 11.9. The molecule has 3 N–H and O–H groups in total. The highest BCUT2D eigenvalue weighted by Gasteiger charge is 2.34. The van der Waals surface area contributed by atoms with Crippen molar-refractivity contribution in [2.24, 2.45) is 0 Å². The number of alkyl halides is 3. The molecule has 1 aromatic rings. The van der Waals surface area contributed by atoms with Gasteiger partial charge in [-0.1, -0.05) is 124 Å². The summed E-state index contributed by atoms with van der Waals surface area (Å²) in [6.45, 7) is 2.25. The highest BCUT2D eigenvalue weighted by atomic mass is 35.6. The summed E-state index contributed by atoms with van der Waals surface area (Å²) in [5.41, 5.74) is 0.725. The lowest BCUT2D eigenvalue weighted by molar-refractivity contribution is -0.122. The molecular formula is C24H37Cl4N3OS. The van der Waals surface area contributed by atoms with Crippen LogP contribution in [0.15, 0.2) is 24.3 Å². The van der Waals surface area contributed by atoms with E-state index in [1.54, 1.807) is 24.3 Å². The second kappa shape index (κ2) is 17.9. The predicted octanol–water partition coefficient (Wildman–Crippen LogP) is 8.53. The van der Waals surface area contributed by atoms with Crippen LogP contribution < -0.4 is 16.0 Å². The van der Waals surface area contributed by atoms with Gasteiger partial charge in [-0.2, -0.15) is 0 Å². The molecule has 0 aliphatic carbocycles. The fourth-order valence-electron chi connectivity index (χ4n) is 3.39. The van der Waals surface area contributed by atoms with Crippen LogP contribution in [0.4, 0.5) is 5.69 Å². The van der Waals surface area contributed by atoms with Gasteiger partial charge in [0.2, 0.25) is 9.70 Å². The summed E-state index contributed by atoms with van der Waals surface area (Å²) in [6, 6.07) is 7.00. The second-order valence-corrected chi connectivity index (χ2v) is 11.5. The van der Waals surface area contributed by atoms with E-state index in [9.17, 15) is 4.79 Å². The number of nitrogens with one attached hydrogen (secondary N) is 3. The Morgan fingerprint density at radius 3 is 1.82 bits per heavy atom. The molecule has 1 atom stereocenters. The van der Waals surface area contributed by atoms with Crippen LogP contribution in [0.2, 0.25) is 5.02 Å². The Morgan fingerprint density at radius 2 is 1.33 bits per heavy atom. The number of carbonyl (C=O) groups excluding carboxylic acids is 1. The molecular weight excluding hydrogens is 520 g/mol. The Balaban J connectivity index is 2.21. The van der Waals surface area contributed by atoms with Crippen molar-refractivity contribution in [2.75, 3.05) is 5.32 Å². The third-order valence-corrected chi connectivity index (χ3v) is 6.39. The topological polar surface area (TPSA) is 53.2 Å². The minimum Gasteiger partial charge on any atom is -0.339 e. The summed E-state index contributed by atoms with van der Waals surface area (Å²) in [5.74, 6) is -0.180. The molecule has 188 valence electrons. The summed E-state index contributed by atoms with van der Waals surface area (Å²) in [7, 11) is 0. The Hall–Kier alpha value is -0.460. The number of anilines is 1. The van der Waals surface area contributed by atoms with Crippen LogP contribution in [0.25, 0.3) is 0 Å². The van der Waals surface area contributed by atoms with Crippen LogP contribution in [0.5, 0.6) is 0 Å². The van der Waals surface area contributed by atoms with Crippen LogP contribution in [0.1, 0.15) is 90.4 Å². The SMILES string of the molecule is CCCCCCCCCCCCCCC(=O)N[C@H](NC(=S)Nc1ccc(Cl)cc1)C(Cl)(Cl)Cl. The summed E-state index contributed by atoms with van der Waals surface area (Å²) in [5, 5.41) is 9.39. The van der Waals surface area contributed by atoms with Gasteiger partial charge in [0.1, 0.15) is 6.17 Å². The molecule has 0 spiro atoms. The number of benzene rings is 1. The smallest absolute Gasteiger partial charge is 0.228 e. The van der Waals surface area contributed by atoms with E-state index in [2.05, 4.69) is 22.9 Å². The van der Waals surface area contributed by atoms with Gasteiger partial charge >= 0.3 is 0 Å². The number of rotatable bonds is 16. The van der Waals surface area contributed by atoms with Crippen molar-refractivity contribution in [3.63, 3.8) is 0 Å². The zero-order valence-electron chi connectivity index (χ0n) is 19.4. The van der Waals surface area contributed by atoms with Gasteiger partial charge in [-0.3, -0.25) is 4.79 Å². The van der Waals surface area contributed by atoms with Crippen LogP contribution >= 0.6 is 58.6 Å². The molecule has 0 aliphatic heterocycles. The minimum absolute atomic E-state index is 0.180. The van der Waals surface area contributed by atoms with Crippen molar-refractivity contribution < 1.29 is 4.79 Å². The number of carbonyl (C=O) groups is 1. The number of unbranched alkanes of at least 4 members (excludes halogenated alkanes) is 11. The van der Waals surface area contributed by atoms with Crippen LogP contribution in [0, 0.1) is 0 Å². The average molecular weight is 557 g/mol. The average Bonchev–Trinajstić information content (AvgIpc) is 2.75. The highest BCUT2D eigenvalue weighted by Crippen LogP contribution is 2.29. The van der Waals surface area contributed by atoms with E-state index in [1.165, 1.54) is 57.8 Å². The van der Waals surface area contributed by atoms with Gasteiger partial charge in [0, 0.05) is 17.1 Å². The molecule has 4 nitrogen and oxygen atoms in total. The Kier molecular flexibility index (Phi) is 16.6. The first-order chi connectivity index (χ1) is 15.7. The van der Waals surface area contributed by atoms with Gasteiger partial charge in [0.15, 0.2) is 5.11 Å². The lowest BCUT2D eigenvalue weighted by Gasteiger charge is -2.27. The largest absolute Gasteiger partial charge is 0.339 e. The van der Waals surface area contributed by atoms with Crippen LogP contribution in [-0.2, 0) is 4.79 Å². The van der Waals surface area contributed by atoms with Crippen molar-refractivity contribution in [1.82, 2.24) is 10.6 Å². The van der Waals surface area contributed by atoms with E-state index < -0.39 is 9.96 Å². The Labute approximate surface area is 224 Å². The van der Waals surface area contributed by atoms with E-state index in [0.717, 1.165) is 24.9 Å². The van der Waals surface area contributed by atoms with E-state index in [4.69, 9.17) is 58.6 Å². The fraction of sp³-hybridized carbons (Fsp3) is 0.667. The number of hydrogen-bond donors (Lipinski definition) is 3. The molecule has 0 saturated carbocycles. The Morgan fingerprint density at radius 1 is 0.848 bits per heavy atom. The first-order valence-corrected chi connectivity index (χ1v) is 13.8. The van der Waals surface area contributed by atoms with Gasteiger partial charge < -0.3 is 16.0 Å².